The summed E-state index contributed by atoms with van der Waals surface area (Å²) >= 11 is 1.36. The van der Waals surface area contributed by atoms with Gasteiger partial charge in [0.25, 0.3) is 0 Å². The number of nitrogens with one attached hydrogen (secondary N) is 1. The fourth-order valence-corrected chi connectivity index (χ4v) is 2.61. The van der Waals surface area contributed by atoms with Crippen molar-refractivity contribution in [3.05, 3.63) is 40.4 Å². The number of anilines is 1. The van der Waals surface area contributed by atoms with E-state index in [0.29, 0.717) is 16.6 Å². The van der Waals surface area contributed by atoms with Gasteiger partial charge in [0.15, 0.2) is 10.8 Å². The molecule has 106 valence electrons. The summed E-state index contributed by atoms with van der Waals surface area (Å²) in [6.07, 6.45) is 0.838. The van der Waals surface area contributed by atoms with E-state index in [1.807, 2.05) is 24.3 Å². The number of hydrogen-bond donors (Lipinski definition) is 2. The zero-order chi connectivity index (χ0) is 14.5. The van der Waals surface area contributed by atoms with Crippen molar-refractivity contribution in [3.8, 4) is 5.75 Å². The minimum absolute atomic E-state index is 0.127. The highest BCUT2D eigenvalue weighted by Gasteiger charge is 2.13. The van der Waals surface area contributed by atoms with Crippen molar-refractivity contribution < 1.29 is 14.6 Å². The van der Waals surface area contributed by atoms with Crippen LogP contribution in [0.4, 0.5) is 5.13 Å². The molecule has 0 radical (unpaired) electrons. The minimum atomic E-state index is -0.984. The number of aromatic nitrogens is 1. The van der Waals surface area contributed by atoms with Gasteiger partial charge >= 0.3 is 5.97 Å². The molecule has 0 spiro atoms. The van der Waals surface area contributed by atoms with E-state index >= 15 is 0 Å². The number of hydrogen-bond acceptors (Lipinski definition) is 5. The van der Waals surface area contributed by atoms with E-state index in [9.17, 15) is 4.79 Å². The fraction of sp³-hybridized carbons (Fsp3) is 0.286. The molecular formula is C14H16N2O3S. The quantitative estimate of drug-likeness (QED) is 0.856. The molecule has 5 nitrogen and oxygen atoms in total. The number of aryl methyl sites for hydroxylation is 1. The number of nitrogens with zero attached hydrogens (tertiary/aromatic N) is 1. The Balaban J connectivity index is 1.89. The molecule has 0 saturated carbocycles. The predicted octanol–water partition coefficient (Wildman–Crippen LogP) is 2.81. The van der Waals surface area contributed by atoms with Crippen LogP contribution in [0, 0.1) is 6.92 Å². The van der Waals surface area contributed by atoms with Crippen LogP contribution >= 0.6 is 11.3 Å². The zero-order valence-corrected chi connectivity index (χ0v) is 12.2. The highest BCUT2D eigenvalue weighted by atomic mass is 32.1. The standard InChI is InChI=1S/C14H16N2O3S/c1-9-12(13(17)18)16-14(20-9)15-8-7-10-3-5-11(19-2)6-4-10/h3-6H,7-8H2,1-2H3,(H,15,16)(H,17,18). The van der Waals surface area contributed by atoms with Gasteiger partial charge in [0, 0.05) is 11.4 Å². The van der Waals surface area contributed by atoms with Gasteiger partial charge in [-0.2, -0.15) is 0 Å². The summed E-state index contributed by atoms with van der Waals surface area (Å²) in [5, 5.41) is 12.7. The normalized spacial score (nSPS) is 10.3. The van der Waals surface area contributed by atoms with E-state index in [-0.39, 0.29) is 5.69 Å². The molecule has 0 bridgehead atoms. The first-order valence-electron chi connectivity index (χ1n) is 6.17. The van der Waals surface area contributed by atoms with Crippen molar-refractivity contribution in [1.29, 1.82) is 0 Å². The lowest BCUT2D eigenvalue weighted by molar-refractivity contribution is 0.0690. The molecule has 1 heterocycles. The second-order valence-electron chi connectivity index (χ2n) is 4.25. The molecule has 2 aromatic rings. The third-order valence-electron chi connectivity index (χ3n) is 2.85. The second kappa shape index (κ2) is 6.38. The maximum atomic E-state index is 10.9. The van der Waals surface area contributed by atoms with E-state index in [2.05, 4.69) is 10.3 Å². The average Bonchev–Trinajstić information content (AvgIpc) is 2.81. The molecule has 2 rings (SSSR count). The van der Waals surface area contributed by atoms with Crippen LogP contribution in [0.15, 0.2) is 24.3 Å². The number of benzene rings is 1. The van der Waals surface area contributed by atoms with Crippen LogP contribution in [-0.2, 0) is 6.42 Å². The number of carboxylic acid groups (broad SMARTS) is 1. The third kappa shape index (κ3) is 3.48. The Morgan fingerprint density at radius 2 is 2.10 bits per heavy atom. The first-order chi connectivity index (χ1) is 9.60. The Morgan fingerprint density at radius 1 is 1.40 bits per heavy atom. The van der Waals surface area contributed by atoms with Crippen LogP contribution in [0.25, 0.3) is 0 Å². The largest absolute Gasteiger partial charge is 0.497 e. The van der Waals surface area contributed by atoms with Gasteiger partial charge in [-0.1, -0.05) is 12.1 Å². The molecule has 0 amide bonds. The number of methoxy groups -OCH3 is 1. The van der Waals surface area contributed by atoms with Gasteiger partial charge in [-0.05, 0) is 31.0 Å². The highest BCUT2D eigenvalue weighted by molar-refractivity contribution is 7.15. The number of aromatic carboxylic acids is 1. The fourth-order valence-electron chi connectivity index (χ4n) is 1.78. The maximum Gasteiger partial charge on any atom is 0.355 e. The summed E-state index contributed by atoms with van der Waals surface area (Å²) in [5.74, 6) is -0.148. The van der Waals surface area contributed by atoms with Crippen LogP contribution in [0.2, 0.25) is 0 Å². The lowest BCUT2D eigenvalue weighted by Crippen LogP contribution is -2.05. The van der Waals surface area contributed by atoms with E-state index in [0.717, 1.165) is 12.2 Å². The lowest BCUT2D eigenvalue weighted by atomic mass is 10.1. The molecule has 6 heteroatoms. The van der Waals surface area contributed by atoms with Gasteiger partial charge in [-0.3, -0.25) is 0 Å². The van der Waals surface area contributed by atoms with Crippen LogP contribution in [-0.4, -0.2) is 29.7 Å². The predicted molar refractivity (Wildman–Crippen MR) is 79.0 cm³/mol. The van der Waals surface area contributed by atoms with Gasteiger partial charge in [-0.25, -0.2) is 9.78 Å². The first kappa shape index (κ1) is 14.3. The number of rotatable bonds is 6. The van der Waals surface area contributed by atoms with Crippen molar-refractivity contribution in [2.24, 2.45) is 0 Å². The molecule has 20 heavy (non-hydrogen) atoms. The van der Waals surface area contributed by atoms with Crippen LogP contribution in [0.1, 0.15) is 20.9 Å². The third-order valence-corrected chi connectivity index (χ3v) is 3.78. The lowest BCUT2D eigenvalue weighted by Gasteiger charge is -2.04. The minimum Gasteiger partial charge on any atom is -0.497 e. The first-order valence-corrected chi connectivity index (χ1v) is 6.99. The van der Waals surface area contributed by atoms with Gasteiger partial charge < -0.3 is 15.2 Å². The van der Waals surface area contributed by atoms with Crippen LogP contribution in [0.5, 0.6) is 5.75 Å². The Kier molecular flexibility index (Phi) is 4.57. The van der Waals surface area contributed by atoms with Crippen LogP contribution < -0.4 is 10.1 Å². The molecule has 0 saturated heterocycles. The maximum absolute atomic E-state index is 10.9. The SMILES string of the molecule is COc1ccc(CCNc2nc(C(=O)O)c(C)s2)cc1. The molecule has 0 unspecified atom stereocenters. The summed E-state index contributed by atoms with van der Waals surface area (Å²) in [7, 11) is 1.64. The number of carboxylic acids is 1. The second-order valence-corrected chi connectivity index (χ2v) is 5.46. The topological polar surface area (TPSA) is 71.5 Å². The molecule has 0 atom stereocenters. The Morgan fingerprint density at radius 3 is 2.65 bits per heavy atom. The van der Waals surface area contributed by atoms with Gasteiger partial charge in [0.1, 0.15) is 5.75 Å². The van der Waals surface area contributed by atoms with Crippen molar-refractivity contribution in [3.63, 3.8) is 0 Å². The van der Waals surface area contributed by atoms with Crippen LogP contribution in [0.3, 0.4) is 0 Å². The summed E-state index contributed by atoms with van der Waals surface area (Å²) < 4.78 is 5.10. The molecule has 0 fully saturated rings. The smallest absolute Gasteiger partial charge is 0.355 e. The molecule has 0 aliphatic carbocycles. The van der Waals surface area contributed by atoms with E-state index in [1.54, 1.807) is 14.0 Å². The van der Waals surface area contributed by atoms with Gasteiger partial charge in [0.2, 0.25) is 0 Å². The summed E-state index contributed by atoms with van der Waals surface area (Å²) in [6, 6.07) is 7.86. The molecule has 1 aromatic heterocycles. The summed E-state index contributed by atoms with van der Waals surface area (Å²) in [5.41, 5.74) is 1.31. The van der Waals surface area contributed by atoms with Gasteiger partial charge in [0.05, 0.1) is 7.11 Å². The van der Waals surface area contributed by atoms with E-state index < -0.39 is 5.97 Å². The Bertz CT molecular complexity index is 593. The number of thiazole rings is 1. The summed E-state index contributed by atoms with van der Waals surface area (Å²) in [4.78, 5) is 15.7. The monoisotopic (exact) mass is 292 g/mol. The number of ether oxygens (including phenoxy) is 1. The zero-order valence-electron chi connectivity index (χ0n) is 11.3. The average molecular weight is 292 g/mol. The van der Waals surface area contributed by atoms with E-state index in [4.69, 9.17) is 9.84 Å². The van der Waals surface area contributed by atoms with Crippen molar-refractivity contribution >= 4 is 22.4 Å². The summed E-state index contributed by atoms with van der Waals surface area (Å²) in [6.45, 7) is 2.47. The Labute approximate surface area is 121 Å². The molecule has 2 N–H and O–H groups in total. The van der Waals surface area contributed by atoms with Crippen molar-refractivity contribution in [2.75, 3.05) is 19.0 Å². The molecule has 1 aromatic carbocycles. The number of carbonyl (C=O) groups is 1. The molecular weight excluding hydrogens is 276 g/mol. The Hall–Kier alpha value is -2.08. The molecule has 0 aliphatic rings. The van der Waals surface area contributed by atoms with E-state index in [1.165, 1.54) is 16.9 Å². The van der Waals surface area contributed by atoms with Crippen molar-refractivity contribution in [2.45, 2.75) is 13.3 Å². The van der Waals surface area contributed by atoms with Gasteiger partial charge in [-0.15, -0.1) is 11.3 Å². The van der Waals surface area contributed by atoms with Crippen molar-refractivity contribution in [1.82, 2.24) is 4.98 Å². The molecule has 0 aliphatic heterocycles. The highest BCUT2D eigenvalue weighted by Crippen LogP contribution is 2.22.